The van der Waals surface area contributed by atoms with Gasteiger partial charge in [0, 0.05) is 12.3 Å². The Morgan fingerprint density at radius 2 is 1.85 bits per heavy atom. The Kier molecular flexibility index (Phi) is 4.33. The van der Waals surface area contributed by atoms with Crippen LogP contribution in [0.1, 0.15) is 11.6 Å². The summed E-state index contributed by atoms with van der Waals surface area (Å²) < 4.78 is 26.7. The van der Waals surface area contributed by atoms with E-state index in [2.05, 4.69) is 9.71 Å². The van der Waals surface area contributed by atoms with E-state index < -0.39 is 16.1 Å². The summed E-state index contributed by atoms with van der Waals surface area (Å²) in [6.07, 6.45) is 1.12. The van der Waals surface area contributed by atoms with Crippen LogP contribution in [0.3, 0.4) is 0 Å². The Morgan fingerprint density at radius 3 is 2.40 bits per heavy atom. The third kappa shape index (κ3) is 3.32. The highest BCUT2D eigenvalue weighted by atomic mass is 32.2. The lowest BCUT2D eigenvalue weighted by molar-refractivity contribution is 0.259. The van der Waals surface area contributed by atoms with Gasteiger partial charge in [-0.3, -0.25) is 4.79 Å². The van der Waals surface area contributed by atoms with Crippen LogP contribution in [0.5, 0.6) is 0 Å². The molecule has 7 heteroatoms. The van der Waals surface area contributed by atoms with Gasteiger partial charge < -0.3 is 10.1 Å². The largest absolute Gasteiger partial charge is 0.394 e. The van der Waals surface area contributed by atoms with Gasteiger partial charge in [-0.1, -0.05) is 30.3 Å². The molecule has 0 radical (unpaired) electrons. The monoisotopic (exact) mass is 294 g/mol. The van der Waals surface area contributed by atoms with E-state index >= 15 is 0 Å². The maximum atomic E-state index is 12.1. The normalized spacial score (nSPS) is 13.1. The van der Waals surface area contributed by atoms with Crippen LogP contribution in [0.4, 0.5) is 0 Å². The quantitative estimate of drug-likeness (QED) is 0.742. The van der Waals surface area contributed by atoms with Gasteiger partial charge >= 0.3 is 0 Å². The van der Waals surface area contributed by atoms with Crippen molar-refractivity contribution >= 4 is 10.0 Å². The van der Waals surface area contributed by atoms with E-state index in [0.29, 0.717) is 5.56 Å². The molecule has 0 spiro atoms. The predicted molar refractivity (Wildman–Crippen MR) is 73.7 cm³/mol. The molecule has 0 saturated carbocycles. The maximum absolute atomic E-state index is 12.1. The van der Waals surface area contributed by atoms with E-state index in [1.54, 1.807) is 30.3 Å². The van der Waals surface area contributed by atoms with Crippen molar-refractivity contribution in [3.63, 3.8) is 0 Å². The zero-order valence-corrected chi connectivity index (χ0v) is 11.3. The summed E-state index contributed by atoms with van der Waals surface area (Å²) in [5.41, 5.74) is 0.272. The molecule has 3 N–H and O–H groups in total. The summed E-state index contributed by atoms with van der Waals surface area (Å²) >= 11 is 0. The van der Waals surface area contributed by atoms with E-state index in [9.17, 15) is 18.3 Å². The molecule has 2 rings (SSSR count). The minimum atomic E-state index is -3.82. The number of aliphatic hydroxyl groups is 1. The highest BCUT2D eigenvalue weighted by Crippen LogP contribution is 2.15. The van der Waals surface area contributed by atoms with Crippen LogP contribution in [0, 0.1) is 0 Å². The maximum Gasteiger partial charge on any atom is 0.247 e. The summed E-state index contributed by atoms with van der Waals surface area (Å²) in [6.45, 7) is -0.368. The first kappa shape index (κ1) is 14.4. The Bertz CT molecular complexity index is 705. The van der Waals surface area contributed by atoms with Crippen molar-refractivity contribution in [1.29, 1.82) is 0 Å². The van der Waals surface area contributed by atoms with Gasteiger partial charge in [-0.15, -0.1) is 0 Å². The van der Waals surface area contributed by atoms with Gasteiger partial charge in [0.2, 0.25) is 15.6 Å². The number of hydrogen-bond donors (Lipinski definition) is 3. The van der Waals surface area contributed by atoms with Crippen LogP contribution in [-0.2, 0) is 10.0 Å². The number of aliphatic hydroxyl groups excluding tert-OH is 1. The number of pyridine rings is 1. The molecule has 1 atom stereocenters. The van der Waals surface area contributed by atoms with Gasteiger partial charge in [0.05, 0.1) is 17.5 Å². The van der Waals surface area contributed by atoms with Crippen molar-refractivity contribution in [2.45, 2.75) is 10.9 Å². The number of nitrogens with one attached hydrogen (secondary N) is 2. The summed E-state index contributed by atoms with van der Waals surface area (Å²) in [7, 11) is -3.82. The van der Waals surface area contributed by atoms with Crippen molar-refractivity contribution in [3.8, 4) is 0 Å². The van der Waals surface area contributed by atoms with Crippen molar-refractivity contribution < 1.29 is 13.5 Å². The molecule has 0 bridgehead atoms. The van der Waals surface area contributed by atoms with E-state index in [4.69, 9.17) is 0 Å². The van der Waals surface area contributed by atoms with Gasteiger partial charge in [0.1, 0.15) is 0 Å². The number of aromatic amines is 1. The third-order valence-corrected chi connectivity index (χ3v) is 4.22. The second-order valence-corrected chi connectivity index (χ2v) is 5.87. The van der Waals surface area contributed by atoms with Crippen LogP contribution in [0.2, 0.25) is 0 Å². The summed E-state index contributed by atoms with van der Waals surface area (Å²) in [4.78, 5) is 13.2. The van der Waals surface area contributed by atoms with Crippen LogP contribution >= 0.6 is 0 Å². The molecule has 1 heterocycles. The van der Waals surface area contributed by atoms with Gasteiger partial charge in [-0.05, 0) is 11.6 Å². The standard InChI is InChI=1S/C13H14N2O4S/c16-9-12(10-4-2-1-3-5-10)15-20(18,19)11-6-7-13(17)14-8-11/h1-8,12,15-16H,9H2,(H,14,17)/t12-/m0/s1. The van der Waals surface area contributed by atoms with Gasteiger partial charge in [0.25, 0.3) is 0 Å². The average Bonchev–Trinajstić information content (AvgIpc) is 2.46. The first-order chi connectivity index (χ1) is 9.53. The van der Waals surface area contributed by atoms with E-state index in [1.165, 1.54) is 6.07 Å². The van der Waals surface area contributed by atoms with Crippen molar-refractivity contribution in [2.75, 3.05) is 6.61 Å². The van der Waals surface area contributed by atoms with Crippen molar-refractivity contribution in [2.24, 2.45) is 0 Å². The first-order valence-corrected chi connectivity index (χ1v) is 7.38. The Balaban J connectivity index is 2.27. The fourth-order valence-electron chi connectivity index (χ4n) is 1.71. The Hall–Kier alpha value is -1.96. The molecule has 6 nitrogen and oxygen atoms in total. The van der Waals surface area contributed by atoms with E-state index in [0.717, 1.165) is 12.3 Å². The smallest absolute Gasteiger partial charge is 0.247 e. The minimum absolute atomic E-state index is 0.0634. The highest BCUT2D eigenvalue weighted by Gasteiger charge is 2.20. The van der Waals surface area contributed by atoms with Crippen LogP contribution < -0.4 is 10.3 Å². The first-order valence-electron chi connectivity index (χ1n) is 5.90. The van der Waals surface area contributed by atoms with Crippen LogP contribution in [-0.4, -0.2) is 25.1 Å². The fraction of sp³-hybridized carbons (Fsp3) is 0.154. The topological polar surface area (TPSA) is 99.3 Å². The molecule has 0 aliphatic rings. The molecule has 1 aromatic carbocycles. The second kappa shape index (κ2) is 6.00. The lowest BCUT2D eigenvalue weighted by Crippen LogP contribution is -2.31. The fourth-order valence-corrected chi connectivity index (χ4v) is 2.90. The Labute approximate surface area is 116 Å². The van der Waals surface area contributed by atoms with Gasteiger partial charge in [-0.25, -0.2) is 13.1 Å². The zero-order chi connectivity index (χ0) is 14.6. The number of benzene rings is 1. The number of sulfonamides is 1. The summed E-state index contributed by atoms with van der Waals surface area (Å²) in [6, 6.07) is 10.3. The molecule has 0 amide bonds. The predicted octanol–water partition coefficient (Wildman–Crippen LogP) is 0.387. The van der Waals surface area contributed by atoms with Crippen molar-refractivity contribution in [1.82, 2.24) is 9.71 Å². The lowest BCUT2D eigenvalue weighted by Gasteiger charge is -2.16. The molecule has 20 heavy (non-hydrogen) atoms. The molecule has 106 valence electrons. The lowest BCUT2D eigenvalue weighted by atomic mass is 10.1. The van der Waals surface area contributed by atoms with Gasteiger partial charge in [0.15, 0.2) is 0 Å². The number of H-pyrrole nitrogens is 1. The number of aromatic nitrogens is 1. The molecular formula is C13H14N2O4S. The number of rotatable bonds is 5. The van der Waals surface area contributed by atoms with Crippen LogP contribution in [0.15, 0.2) is 58.4 Å². The second-order valence-electron chi connectivity index (χ2n) is 4.16. The third-order valence-electron chi connectivity index (χ3n) is 2.75. The minimum Gasteiger partial charge on any atom is -0.394 e. The molecule has 0 unspecified atom stereocenters. The number of hydrogen-bond acceptors (Lipinski definition) is 4. The SMILES string of the molecule is O=c1ccc(S(=O)(=O)N[C@@H](CO)c2ccccc2)c[nH]1. The molecule has 2 aromatic rings. The molecular weight excluding hydrogens is 280 g/mol. The Morgan fingerprint density at radius 1 is 1.15 bits per heavy atom. The molecule has 0 fully saturated rings. The molecule has 0 aliphatic heterocycles. The molecule has 0 saturated heterocycles. The zero-order valence-electron chi connectivity index (χ0n) is 10.5. The molecule has 0 aliphatic carbocycles. The van der Waals surface area contributed by atoms with Crippen LogP contribution in [0.25, 0.3) is 0 Å². The summed E-state index contributed by atoms with van der Waals surface area (Å²) in [5.74, 6) is 0. The molecule has 1 aromatic heterocycles. The average molecular weight is 294 g/mol. The van der Waals surface area contributed by atoms with E-state index in [1.807, 2.05) is 0 Å². The van der Waals surface area contributed by atoms with Gasteiger partial charge in [-0.2, -0.15) is 0 Å². The van der Waals surface area contributed by atoms with Crippen molar-refractivity contribution in [3.05, 3.63) is 64.6 Å². The van der Waals surface area contributed by atoms with E-state index in [-0.39, 0.29) is 17.1 Å². The highest BCUT2D eigenvalue weighted by molar-refractivity contribution is 7.89. The summed E-state index contributed by atoms with van der Waals surface area (Å²) in [5, 5.41) is 9.35.